The molecule has 0 saturated carbocycles. The number of nitrogens with zero attached hydrogens (tertiary/aromatic N) is 1. The van der Waals surface area contributed by atoms with Crippen LogP contribution in [0, 0.1) is 17.6 Å². The Bertz CT molecular complexity index is 1300. The highest BCUT2D eigenvalue weighted by atomic mass is 35.5. The molecule has 34 heavy (non-hydrogen) atoms. The number of hydrogen-bond acceptors (Lipinski definition) is 5. The minimum absolute atomic E-state index is 0.0219. The molecule has 0 spiro atoms. The van der Waals surface area contributed by atoms with E-state index < -0.39 is 21.7 Å². The molecule has 1 aliphatic heterocycles. The average molecular weight is 510 g/mol. The van der Waals surface area contributed by atoms with E-state index in [9.17, 15) is 22.3 Å². The molecule has 0 fully saturated rings. The first-order valence-electron chi connectivity index (χ1n) is 10.4. The Kier molecular flexibility index (Phi) is 6.97. The lowest BCUT2D eigenvalue weighted by Gasteiger charge is -2.35. The summed E-state index contributed by atoms with van der Waals surface area (Å²) in [6.07, 6.45) is 0.462. The van der Waals surface area contributed by atoms with Crippen molar-refractivity contribution in [1.82, 2.24) is 0 Å². The number of aliphatic hydroxyl groups excluding tert-OH is 1. The van der Waals surface area contributed by atoms with Gasteiger partial charge in [0.05, 0.1) is 22.7 Å². The molecule has 10 heteroatoms. The first kappa shape index (κ1) is 24.3. The van der Waals surface area contributed by atoms with Gasteiger partial charge in [0.15, 0.2) is 11.6 Å². The van der Waals surface area contributed by atoms with E-state index in [2.05, 4.69) is 0 Å². The zero-order valence-corrected chi connectivity index (χ0v) is 19.7. The third kappa shape index (κ3) is 4.68. The van der Waals surface area contributed by atoms with E-state index in [4.69, 9.17) is 21.1 Å². The lowest BCUT2D eigenvalue weighted by atomic mass is 9.94. The Morgan fingerprint density at radius 1 is 1.12 bits per heavy atom. The minimum atomic E-state index is -4.13. The zero-order chi connectivity index (χ0) is 24.5. The molecule has 0 aliphatic carbocycles. The molecule has 0 radical (unpaired) electrons. The molecule has 1 aliphatic rings. The summed E-state index contributed by atoms with van der Waals surface area (Å²) in [6.45, 7) is -0.332. The number of fused-ring (bicyclic) bond motifs is 1. The maximum Gasteiger partial charge on any atom is 0.264 e. The van der Waals surface area contributed by atoms with E-state index in [0.717, 1.165) is 18.2 Å². The van der Waals surface area contributed by atoms with E-state index in [1.165, 1.54) is 23.5 Å². The third-order valence-electron chi connectivity index (χ3n) is 5.67. The summed E-state index contributed by atoms with van der Waals surface area (Å²) in [6, 6.07) is 12.5. The van der Waals surface area contributed by atoms with Crippen LogP contribution in [0.25, 0.3) is 0 Å². The van der Waals surface area contributed by atoms with Crippen molar-refractivity contribution in [2.24, 2.45) is 5.92 Å². The molecule has 0 bridgehead atoms. The Labute approximate surface area is 201 Å². The fourth-order valence-corrected chi connectivity index (χ4v) is 5.65. The van der Waals surface area contributed by atoms with Crippen LogP contribution in [0.2, 0.25) is 5.02 Å². The summed E-state index contributed by atoms with van der Waals surface area (Å²) in [5, 5.41) is 9.96. The van der Waals surface area contributed by atoms with Crippen LogP contribution >= 0.6 is 11.6 Å². The molecule has 3 aromatic rings. The fraction of sp³-hybridized carbons (Fsp3) is 0.250. The average Bonchev–Trinajstić information content (AvgIpc) is 2.83. The lowest BCUT2D eigenvalue weighted by Crippen LogP contribution is -2.41. The van der Waals surface area contributed by atoms with E-state index in [1.807, 2.05) is 0 Å². The van der Waals surface area contributed by atoms with Gasteiger partial charge >= 0.3 is 0 Å². The Morgan fingerprint density at radius 2 is 1.91 bits per heavy atom. The van der Waals surface area contributed by atoms with Gasteiger partial charge in [-0.3, -0.25) is 4.31 Å². The number of rotatable bonds is 7. The van der Waals surface area contributed by atoms with Gasteiger partial charge in [0.2, 0.25) is 0 Å². The number of methoxy groups -OCH3 is 1. The summed E-state index contributed by atoms with van der Waals surface area (Å²) >= 11 is 6.06. The van der Waals surface area contributed by atoms with Gasteiger partial charge in [-0.2, -0.15) is 0 Å². The number of sulfonamides is 1. The molecule has 1 heterocycles. The number of anilines is 1. The van der Waals surface area contributed by atoms with Crippen LogP contribution in [0.5, 0.6) is 11.5 Å². The highest BCUT2D eigenvalue weighted by molar-refractivity contribution is 7.92. The molecule has 1 N–H and O–H groups in total. The quantitative estimate of drug-likeness (QED) is 0.505. The van der Waals surface area contributed by atoms with Crippen LogP contribution in [-0.2, 0) is 23.1 Å². The SMILES string of the molecule is COc1cc(S(=O)(=O)N2CC(CO)Cc3ccc(OCc4c(F)cccc4Cl)cc32)ccc1F. The van der Waals surface area contributed by atoms with Crippen molar-refractivity contribution in [3.63, 3.8) is 0 Å². The van der Waals surface area contributed by atoms with Crippen LogP contribution in [0.4, 0.5) is 14.5 Å². The molecule has 3 aromatic carbocycles. The summed E-state index contributed by atoms with van der Waals surface area (Å²) in [5.41, 5.74) is 1.24. The molecule has 1 unspecified atom stereocenters. The van der Waals surface area contributed by atoms with Gasteiger partial charge in [0.25, 0.3) is 10.0 Å². The predicted octanol–water partition coefficient (Wildman–Crippen LogP) is 4.57. The maximum absolute atomic E-state index is 14.1. The van der Waals surface area contributed by atoms with Gasteiger partial charge in [-0.25, -0.2) is 17.2 Å². The van der Waals surface area contributed by atoms with Crippen LogP contribution in [0.3, 0.4) is 0 Å². The monoisotopic (exact) mass is 509 g/mol. The molecule has 4 rings (SSSR count). The molecule has 0 saturated heterocycles. The summed E-state index contributed by atoms with van der Waals surface area (Å²) in [4.78, 5) is -0.153. The number of hydrogen-bond donors (Lipinski definition) is 1. The van der Waals surface area contributed by atoms with Crippen LogP contribution < -0.4 is 13.8 Å². The second kappa shape index (κ2) is 9.77. The second-order valence-corrected chi connectivity index (χ2v) is 10.1. The topological polar surface area (TPSA) is 76.1 Å². The normalized spacial score (nSPS) is 15.7. The number of halogens is 3. The molecule has 180 valence electrons. The third-order valence-corrected chi connectivity index (χ3v) is 7.80. The van der Waals surface area contributed by atoms with Gasteiger partial charge in [-0.05, 0) is 42.3 Å². The van der Waals surface area contributed by atoms with Crippen molar-refractivity contribution in [3.8, 4) is 11.5 Å². The first-order chi connectivity index (χ1) is 16.2. The molecular formula is C24H22ClF2NO5S. The minimum Gasteiger partial charge on any atom is -0.494 e. The predicted molar refractivity (Wildman–Crippen MR) is 124 cm³/mol. The van der Waals surface area contributed by atoms with Crippen molar-refractivity contribution in [1.29, 1.82) is 0 Å². The Hall–Kier alpha value is -2.88. The van der Waals surface area contributed by atoms with E-state index in [0.29, 0.717) is 23.4 Å². The molecule has 0 aromatic heterocycles. The highest BCUT2D eigenvalue weighted by Gasteiger charge is 2.34. The second-order valence-electron chi connectivity index (χ2n) is 7.86. The molecule has 1 atom stereocenters. The Morgan fingerprint density at radius 3 is 2.62 bits per heavy atom. The van der Waals surface area contributed by atoms with Crippen LogP contribution in [0.15, 0.2) is 59.5 Å². The van der Waals surface area contributed by atoms with Gasteiger partial charge in [-0.15, -0.1) is 0 Å². The van der Waals surface area contributed by atoms with Gasteiger partial charge in [0, 0.05) is 36.8 Å². The van der Waals surface area contributed by atoms with Crippen LogP contribution in [-0.4, -0.2) is 33.8 Å². The van der Waals surface area contributed by atoms with Crippen molar-refractivity contribution in [3.05, 3.63) is 82.4 Å². The van der Waals surface area contributed by atoms with Gasteiger partial charge < -0.3 is 14.6 Å². The van der Waals surface area contributed by atoms with Crippen molar-refractivity contribution >= 4 is 27.3 Å². The Balaban J connectivity index is 1.70. The number of benzene rings is 3. The number of ether oxygens (including phenoxy) is 2. The molecule has 6 nitrogen and oxygen atoms in total. The van der Waals surface area contributed by atoms with Gasteiger partial charge in [0.1, 0.15) is 18.2 Å². The summed E-state index contributed by atoms with van der Waals surface area (Å²) in [7, 11) is -2.88. The summed E-state index contributed by atoms with van der Waals surface area (Å²) in [5.74, 6) is -1.40. The van der Waals surface area contributed by atoms with Crippen molar-refractivity contribution in [2.45, 2.75) is 17.9 Å². The van der Waals surface area contributed by atoms with E-state index >= 15 is 0 Å². The van der Waals surface area contributed by atoms with E-state index in [1.54, 1.807) is 24.3 Å². The molecular weight excluding hydrogens is 488 g/mol. The van der Waals surface area contributed by atoms with Crippen molar-refractivity contribution in [2.75, 3.05) is 24.6 Å². The molecule has 0 amide bonds. The fourth-order valence-electron chi connectivity index (χ4n) is 3.85. The smallest absolute Gasteiger partial charge is 0.264 e. The van der Waals surface area contributed by atoms with E-state index in [-0.39, 0.29) is 46.9 Å². The van der Waals surface area contributed by atoms with Crippen LogP contribution in [0.1, 0.15) is 11.1 Å². The largest absolute Gasteiger partial charge is 0.494 e. The number of aliphatic hydroxyl groups is 1. The lowest BCUT2D eigenvalue weighted by molar-refractivity contribution is 0.227. The van der Waals surface area contributed by atoms with Gasteiger partial charge in [-0.1, -0.05) is 23.7 Å². The standard InChI is InChI=1S/C24H22ClF2NO5S/c1-32-24-11-18(7-8-22(24)27)34(30,31)28-12-15(13-29)9-16-5-6-17(10-23(16)28)33-14-19-20(25)3-2-4-21(19)26/h2-8,10-11,15,29H,9,12-14H2,1H3. The maximum atomic E-state index is 14.1. The summed E-state index contributed by atoms with van der Waals surface area (Å²) < 4.78 is 66.9. The highest BCUT2D eigenvalue weighted by Crippen LogP contribution is 2.37. The van der Waals surface area contributed by atoms with Crippen molar-refractivity contribution < 1.29 is 31.8 Å². The first-order valence-corrected chi connectivity index (χ1v) is 12.2. The zero-order valence-electron chi connectivity index (χ0n) is 18.2.